The van der Waals surface area contributed by atoms with Gasteiger partial charge in [0.2, 0.25) is 0 Å². The second kappa shape index (κ2) is 9.33. The molecule has 0 spiro atoms. The van der Waals surface area contributed by atoms with Crippen LogP contribution < -0.4 is 4.72 Å². The van der Waals surface area contributed by atoms with Gasteiger partial charge in [-0.15, -0.1) is 0 Å². The molecule has 0 fully saturated rings. The molecular weight excluding hydrogens is 296 g/mol. The first kappa shape index (κ1) is 17.4. The lowest BCUT2D eigenvalue weighted by molar-refractivity contribution is 0.281. The summed E-state index contributed by atoms with van der Waals surface area (Å²) in [5.41, 5.74) is 0.595. The van der Waals surface area contributed by atoms with Gasteiger partial charge in [0.15, 0.2) is 5.03 Å². The van der Waals surface area contributed by atoms with Crippen LogP contribution in [0.4, 0.5) is 0 Å². The third kappa shape index (κ3) is 6.21. The van der Waals surface area contributed by atoms with Crippen molar-refractivity contribution in [1.29, 1.82) is 0 Å². The Morgan fingerprint density at radius 1 is 1.25 bits per heavy atom. The number of nitrogens with zero attached hydrogens (tertiary/aromatic N) is 1. The van der Waals surface area contributed by atoms with Crippen molar-refractivity contribution in [3.05, 3.63) is 23.9 Å². The molecule has 0 radical (unpaired) electrons. The average Bonchev–Trinajstić information content (AvgIpc) is 2.46. The van der Waals surface area contributed by atoms with Crippen LogP contribution in [0.5, 0.6) is 0 Å². The van der Waals surface area contributed by atoms with Crippen molar-refractivity contribution in [2.75, 3.05) is 18.6 Å². The lowest BCUT2D eigenvalue weighted by Crippen LogP contribution is -2.25. The fraction of sp³-hybridized carbons (Fsp3) is 0.615. The fourth-order valence-electron chi connectivity index (χ4n) is 1.67. The van der Waals surface area contributed by atoms with Crippen LogP contribution in [0.3, 0.4) is 0 Å². The Morgan fingerprint density at radius 2 is 2.00 bits per heavy atom. The molecule has 0 aliphatic rings. The van der Waals surface area contributed by atoms with Gasteiger partial charge in [0.25, 0.3) is 10.0 Å². The first-order chi connectivity index (χ1) is 9.60. The number of hydrogen-bond acceptors (Lipinski definition) is 5. The molecule has 0 unspecified atom stereocenters. The van der Waals surface area contributed by atoms with Gasteiger partial charge in [0, 0.05) is 12.7 Å². The van der Waals surface area contributed by atoms with Gasteiger partial charge in [-0.2, -0.15) is 11.8 Å². The number of hydrogen-bond donors (Lipinski definition) is 2. The highest BCUT2D eigenvalue weighted by molar-refractivity contribution is 7.98. The molecule has 0 amide bonds. The van der Waals surface area contributed by atoms with Crippen LogP contribution in [0.2, 0.25) is 0 Å². The monoisotopic (exact) mass is 318 g/mol. The molecule has 1 aromatic rings. The maximum Gasteiger partial charge on any atom is 0.258 e. The summed E-state index contributed by atoms with van der Waals surface area (Å²) in [6, 6.07) is 2.97. The third-order valence-electron chi connectivity index (χ3n) is 2.82. The molecule has 0 aliphatic heterocycles. The Kier molecular flexibility index (Phi) is 8.13. The zero-order chi connectivity index (χ0) is 14.8. The first-order valence-corrected chi connectivity index (χ1v) is 9.52. The van der Waals surface area contributed by atoms with Crippen molar-refractivity contribution in [2.24, 2.45) is 0 Å². The van der Waals surface area contributed by atoms with E-state index in [1.54, 1.807) is 6.07 Å². The summed E-state index contributed by atoms with van der Waals surface area (Å²) >= 11 is 1.83. The van der Waals surface area contributed by atoms with Crippen molar-refractivity contribution in [2.45, 2.75) is 37.3 Å². The second-order valence-corrected chi connectivity index (χ2v) is 7.17. The minimum atomic E-state index is -3.53. The lowest BCUT2D eigenvalue weighted by atomic mass is 10.2. The van der Waals surface area contributed by atoms with Crippen molar-refractivity contribution < 1.29 is 13.5 Å². The number of pyridine rings is 1. The van der Waals surface area contributed by atoms with Crippen molar-refractivity contribution in [3.8, 4) is 0 Å². The molecule has 0 bridgehead atoms. The quantitative estimate of drug-likeness (QED) is 0.643. The van der Waals surface area contributed by atoms with E-state index in [1.807, 2.05) is 11.8 Å². The van der Waals surface area contributed by atoms with Crippen LogP contribution in [0, 0.1) is 0 Å². The number of unbranched alkanes of at least 4 members (excludes halogenated alkanes) is 3. The standard InChI is InChI=1S/C13H22N2O3S2/c1-19-9-5-3-2-4-8-15-20(17,18)13-7-6-12(11-16)10-14-13/h6-7,10,15-16H,2-5,8-9,11H2,1H3. The summed E-state index contributed by atoms with van der Waals surface area (Å²) in [5.74, 6) is 1.16. The predicted molar refractivity (Wildman–Crippen MR) is 82.2 cm³/mol. The summed E-state index contributed by atoms with van der Waals surface area (Å²) in [6.07, 6.45) is 7.63. The molecule has 5 nitrogen and oxygen atoms in total. The smallest absolute Gasteiger partial charge is 0.258 e. The maximum absolute atomic E-state index is 11.9. The van der Waals surface area contributed by atoms with Crippen LogP contribution in [0.25, 0.3) is 0 Å². The van der Waals surface area contributed by atoms with Crippen LogP contribution >= 0.6 is 11.8 Å². The topological polar surface area (TPSA) is 79.3 Å². The Bertz CT molecular complexity index is 475. The summed E-state index contributed by atoms with van der Waals surface area (Å²) in [6.45, 7) is 0.293. The molecule has 2 N–H and O–H groups in total. The van der Waals surface area contributed by atoms with Crippen molar-refractivity contribution in [3.63, 3.8) is 0 Å². The molecule has 1 rings (SSSR count). The van der Waals surface area contributed by atoms with Gasteiger partial charge in [0.05, 0.1) is 6.61 Å². The van der Waals surface area contributed by atoms with E-state index in [4.69, 9.17) is 5.11 Å². The van der Waals surface area contributed by atoms with E-state index in [2.05, 4.69) is 16.0 Å². The molecule has 7 heteroatoms. The number of thioether (sulfide) groups is 1. The van der Waals surface area contributed by atoms with Crippen molar-refractivity contribution in [1.82, 2.24) is 9.71 Å². The molecule has 1 aromatic heterocycles. The van der Waals surface area contributed by atoms with Gasteiger partial charge in [0.1, 0.15) is 0 Å². The molecule has 114 valence electrons. The van der Waals surface area contributed by atoms with Crippen LogP contribution in [0.15, 0.2) is 23.4 Å². The number of aromatic nitrogens is 1. The lowest BCUT2D eigenvalue weighted by Gasteiger charge is -2.06. The van der Waals surface area contributed by atoms with E-state index >= 15 is 0 Å². The zero-order valence-corrected chi connectivity index (χ0v) is 13.3. The van der Waals surface area contributed by atoms with Crippen molar-refractivity contribution >= 4 is 21.8 Å². The predicted octanol–water partition coefficient (Wildman–Crippen LogP) is 1.78. The van der Waals surface area contributed by atoms with Gasteiger partial charge in [-0.1, -0.05) is 18.9 Å². The van der Waals surface area contributed by atoms with E-state index in [0.29, 0.717) is 12.1 Å². The summed E-state index contributed by atoms with van der Waals surface area (Å²) in [7, 11) is -3.53. The zero-order valence-electron chi connectivity index (χ0n) is 11.7. The molecule has 0 saturated carbocycles. The number of sulfonamides is 1. The molecule has 1 heterocycles. The molecule has 0 aliphatic carbocycles. The highest BCUT2D eigenvalue weighted by Crippen LogP contribution is 2.08. The van der Waals surface area contributed by atoms with Crippen LogP contribution in [0.1, 0.15) is 31.2 Å². The van der Waals surface area contributed by atoms with Gasteiger partial charge in [-0.3, -0.25) is 0 Å². The normalized spacial score (nSPS) is 11.7. The van der Waals surface area contributed by atoms with Gasteiger partial charge >= 0.3 is 0 Å². The number of aliphatic hydroxyl groups is 1. The Balaban J connectivity index is 2.33. The Hall–Kier alpha value is -0.630. The number of aliphatic hydroxyl groups excluding tert-OH is 1. The largest absolute Gasteiger partial charge is 0.392 e. The second-order valence-electron chi connectivity index (χ2n) is 4.47. The van der Waals surface area contributed by atoms with E-state index in [1.165, 1.54) is 18.7 Å². The van der Waals surface area contributed by atoms with Gasteiger partial charge in [-0.05, 0) is 36.5 Å². The van der Waals surface area contributed by atoms with Gasteiger partial charge in [-0.25, -0.2) is 18.1 Å². The fourth-order valence-corrected chi connectivity index (χ4v) is 3.16. The highest BCUT2D eigenvalue weighted by atomic mass is 32.2. The Labute approximate surface area is 125 Å². The molecular formula is C13H22N2O3S2. The van der Waals surface area contributed by atoms with E-state index in [9.17, 15) is 8.42 Å². The minimum absolute atomic E-state index is 0.00270. The third-order valence-corrected chi connectivity index (χ3v) is 4.90. The maximum atomic E-state index is 11.9. The van der Waals surface area contributed by atoms with E-state index in [0.717, 1.165) is 25.0 Å². The van der Waals surface area contributed by atoms with Crippen LogP contribution in [-0.4, -0.2) is 37.1 Å². The van der Waals surface area contributed by atoms with E-state index in [-0.39, 0.29) is 11.6 Å². The van der Waals surface area contributed by atoms with E-state index < -0.39 is 10.0 Å². The molecule has 0 aromatic carbocycles. The summed E-state index contributed by atoms with van der Waals surface area (Å²) in [4.78, 5) is 3.85. The van der Waals surface area contributed by atoms with Gasteiger partial charge < -0.3 is 5.11 Å². The SMILES string of the molecule is CSCCCCCCNS(=O)(=O)c1ccc(CO)cn1. The minimum Gasteiger partial charge on any atom is -0.392 e. The average molecular weight is 318 g/mol. The Morgan fingerprint density at radius 3 is 2.60 bits per heavy atom. The number of nitrogens with one attached hydrogen (secondary N) is 1. The number of rotatable bonds is 10. The molecule has 20 heavy (non-hydrogen) atoms. The molecule has 0 saturated heterocycles. The first-order valence-electron chi connectivity index (χ1n) is 6.64. The summed E-state index contributed by atoms with van der Waals surface area (Å²) in [5, 5.41) is 8.88. The molecule has 0 atom stereocenters. The van der Waals surface area contributed by atoms with Crippen LogP contribution in [-0.2, 0) is 16.6 Å². The highest BCUT2D eigenvalue weighted by Gasteiger charge is 2.14. The summed E-state index contributed by atoms with van der Waals surface area (Å²) < 4.78 is 26.4.